The lowest BCUT2D eigenvalue weighted by Gasteiger charge is -2.21. The van der Waals surface area contributed by atoms with E-state index in [1.807, 2.05) is 18.2 Å². The van der Waals surface area contributed by atoms with Gasteiger partial charge < -0.3 is 11.2 Å². The Morgan fingerprint density at radius 1 is 1.24 bits per heavy atom. The lowest BCUT2D eigenvalue weighted by molar-refractivity contribution is -0.117. The molecule has 0 bridgehead atoms. The average Bonchev–Trinajstić information content (AvgIpc) is 2.71. The third-order valence-electron chi connectivity index (χ3n) is 5.37. The lowest BCUT2D eigenvalue weighted by atomic mass is 9.87. The number of nitrogens with two attached hydrogens (primary N) is 1. The van der Waals surface area contributed by atoms with Crippen LogP contribution in [0.1, 0.15) is 57.1 Å². The van der Waals surface area contributed by atoms with Crippen molar-refractivity contribution in [1.82, 2.24) is 4.98 Å². The van der Waals surface area contributed by atoms with Gasteiger partial charge in [-0.25, -0.2) is 0 Å². The van der Waals surface area contributed by atoms with Crippen LogP contribution in [0.3, 0.4) is 0 Å². The number of aryl methyl sites for hydroxylation is 1. The molecular weight excluding hydrogens is 388 g/mol. The first kappa shape index (κ1) is 21.2. The zero-order valence-corrected chi connectivity index (χ0v) is 17.2. The largest absolute Gasteiger partial charge is 0.324 e. The second-order valence-electron chi connectivity index (χ2n) is 7.56. The van der Waals surface area contributed by atoms with E-state index in [1.54, 1.807) is 6.07 Å². The van der Waals surface area contributed by atoms with Crippen molar-refractivity contribution in [3.63, 3.8) is 0 Å². The molecule has 8 heteroatoms. The van der Waals surface area contributed by atoms with Crippen LogP contribution in [-0.4, -0.2) is 16.7 Å². The number of pyridine rings is 1. The summed E-state index contributed by atoms with van der Waals surface area (Å²) in [5, 5.41) is 18.6. The summed E-state index contributed by atoms with van der Waals surface area (Å²) in [7, 11) is 0. The highest BCUT2D eigenvalue weighted by Crippen LogP contribution is 2.32. The predicted octanol–water partition coefficient (Wildman–Crippen LogP) is 5.42. The van der Waals surface area contributed by atoms with Crippen molar-refractivity contribution >= 4 is 39.9 Å². The molecule has 1 saturated carbocycles. The van der Waals surface area contributed by atoms with Crippen molar-refractivity contribution in [2.45, 2.75) is 57.8 Å². The quantitative estimate of drug-likeness (QED) is 0.184. The van der Waals surface area contributed by atoms with Crippen molar-refractivity contribution in [3.05, 3.63) is 35.0 Å². The van der Waals surface area contributed by atoms with Gasteiger partial charge >= 0.3 is 0 Å². The minimum atomic E-state index is 0.0166. The van der Waals surface area contributed by atoms with Crippen LogP contribution in [0.5, 0.6) is 0 Å². The molecule has 0 atom stereocenters. The van der Waals surface area contributed by atoms with Gasteiger partial charge in [-0.2, -0.15) is 0 Å². The van der Waals surface area contributed by atoms with Gasteiger partial charge in [0.15, 0.2) is 0 Å². The highest BCUT2D eigenvalue weighted by molar-refractivity contribution is 6.35. The molecule has 0 saturated heterocycles. The highest BCUT2D eigenvalue weighted by atomic mass is 35.5. The van der Waals surface area contributed by atoms with Crippen molar-refractivity contribution < 1.29 is 4.79 Å². The Balaban J connectivity index is 1.68. The molecule has 154 valence electrons. The molecule has 0 radical (unpaired) electrons. The fourth-order valence-corrected chi connectivity index (χ4v) is 4.10. The fraction of sp³-hybridized carbons (Fsp3) is 0.476. The molecule has 1 fully saturated rings. The number of nitrogens with one attached hydrogen (secondary N) is 2. The van der Waals surface area contributed by atoms with E-state index >= 15 is 0 Å². The number of halogens is 1. The summed E-state index contributed by atoms with van der Waals surface area (Å²) >= 11 is 6.38. The van der Waals surface area contributed by atoms with Gasteiger partial charge in [-0.15, -0.1) is 5.11 Å². The summed E-state index contributed by atoms with van der Waals surface area (Å²) in [5.41, 5.74) is 2.34. The van der Waals surface area contributed by atoms with E-state index in [9.17, 15) is 4.79 Å². The molecule has 0 aliphatic heterocycles. The first-order chi connectivity index (χ1) is 14.1. The molecule has 4 N–H and O–H groups in total. The number of benzene rings is 1. The summed E-state index contributed by atoms with van der Waals surface area (Å²) in [6.45, 7) is 0. The summed E-state index contributed by atoms with van der Waals surface area (Å²) in [4.78, 5) is 17.2. The van der Waals surface area contributed by atoms with Crippen LogP contribution in [0.2, 0.25) is 5.02 Å². The second-order valence-corrected chi connectivity index (χ2v) is 7.97. The van der Waals surface area contributed by atoms with Crippen LogP contribution in [0.15, 0.2) is 34.6 Å². The third kappa shape index (κ3) is 5.97. The summed E-state index contributed by atoms with van der Waals surface area (Å²) in [6.07, 6.45) is 8.45. The maximum atomic E-state index is 12.6. The van der Waals surface area contributed by atoms with E-state index in [0.717, 1.165) is 35.9 Å². The van der Waals surface area contributed by atoms with Crippen LogP contribution >= 0.6 is 11.6 Å². The van der Waals surface area contributed by atoms with Crippen LogP contribution in [0.4, 0.5) is 5.69 Å². The second kappa shape index (κ2) is 10.3. The molecule has 0 unspecified atom stereocenters. The average molecular weight is 415 g/mol. The monoisotopic (exact) mass is 414 g/mol. The highest BCUT2D eigenvalue weighted by Gasteiger charge is 2.18. The molecular formula is C21H27ClN6O. The standard InChI is InChI=1S/C21H27ClN6O/c22-17-11-12-18-16(10-9-15(25-18)7-4-8-19(23)27-28-24)21(17)26-20(29)13-14-5-2-1-3-6-14/h9-12,14H,1-8,13H2,(H,26,29)(H3,23,24,27). The van der Waals surface area contributed by atoms with Gasteiger partial charge in [0.05, 0.1) is 16.2 Å². The molecule has 3 rings (SSSR count). The van der Waals surface area contributed by atoms with Crippen molar-refractivity contribution in [3.8, 4) is 0 Å². The van der Waals surface area contributed by atoms with Gasteiger partial charge in [0, 0.05) is 23.9 Å². The Morgan fingerprint density at radius 3 is 2.79 bits per heavy atom. The van der Waals surface area contributed by atoms with Gasteiger partial charge in [-0.05, 0) is 55.9 Å². The summed E-state index contributed by atoms with van der Waals surface area (Å²) < 4.78 is 0. The normalized spacial score (nSPS) is 15.1. The topological polar surface area (TPSA) is 117 Å². The van der Waals surface area contributed by atoms with Gasteiger partial charge in [-0.3, -0.25) is 15.2 Å². The Kier molecular flexibility index (Phi) is 7.52. The van der Waals surface area contributed by atoms with E-state index in [2.05, 4.69) is 20.6 Å². The first-order valence-electron chi connectivity index (χ1n) is 10.1. The van der Waals surface area contributed by atoms with Gasteiger partial charge in [0.1, 0.15) is 5.84 Å². The molecule has 1 amide bonds. The van der Waals surface area contributed by atoms with Gasteiger partial charge in [0.2, 0.25) is 5.91 Å². The minimum Gasteiger partial charge on any atom is -0.324 e. The molecule has 7 nitrogen and oxygen atoms in total. The summed E-state index contributed by atoms with van der Waals surface area (Å²) in [6, 6.07) is 7.52. The SMILES string of the molecule is N=C(CCCc1ccc2c(NC(=O)CC3CCCCC3)c(Cl)ccc2n1)N=NN. The molecule has 1 aromatic heterocycles. The molecule has 0 spiro atoms. The van der Waals surface area contributed by atoms with E-state index in [4.69, 9.17) is 22.9 Å². The van der Waals surface area contributed by atoms with Crippen LogP contribution in [-0.2, 0) is 11.2 Å². The third-order valence-corrected chi connectivity index (χ3v) is 5.68. The molecule has 1 aliphatic rings. The summed E-state index contributed by atoms with van der Waals surface area (Å²) in [5.74, 6) is 5.60. The fourth-order valence-electron chi connectivity index (χ4n) is 3.89. The first-order valence-corrected chi connectivity index (χ1v) is 10.5. The van der Waals surface area contributed by atoms with E-state index in [1.165, 1.54) is 19.3 Å². The van der Waals surface area contributed by atoms with Crippen molar-refractivity contribution in [1.29, 1.82) is 5.41 Å². The van der Waals surface area contributed by atoms with E-state index in [-0.39, 0.29) is 11.7 Å². The number of fused-ring (bicyclic) bond motifs is 1. The van der Waals surface area contributed by atoms with Crippen LogP contribution < -0.4 is 11.2 Å². The smallest absolute Gasteiger partial charge is 0.224 e. The number of nitrogens with zero attached hydrogens (tertiary/aromatic N) is 3. The minimum absolute atomic E-state index is 0.0166. The zero-order chi connectivity index (χ0) is 20.6. The zero-order valence-electron chi connectivity index (χ0n) is 16.5. The lowest BCUT2D eigenvalue weighted by Crippen LogP contribution is -2.18. The number of anilines is 1. The maximum Gasteiger partial charge on any atom is 0.224 e. The van der Waals surface area contributed by atoms with Gasteiger partial charge in [-0.1, -0.05) is 36.1 Å². The number of amides is 1. The molecule has 29 heavy (non-hydrogen) atoms. The molecule has 1 aromatic carbocycles. The molecule has 2 aromatic rings. The number of amidine groups is 1. The molecule has 1 heterocycles. The maximum absolute atomic E-state index is 12.6. The number of rotatable bonds is 7. The molecule has 1 aliphatic carbocycles. The Morgan fingerprint density at radius 2 is 2.03 bits per heavy atom. The Bertz CT molecular complexity index is 907. The Hall–Kier alpha value is -2.54. The van der Waals surface area contributed by atoms with Crippen molar-refractivity contribution in [2.75, 3.05) is 5.32 Å². The van der Waals surface area contributed by atoms with Crippen LogP contribution in [0.25, 0.3) is 10.9 Å². The van der Waals surface area contributed by atoms with E-state index < -0.39 is 0 Å². The Labute approximate surface area is 175 Å². The number of hydrogen-bond acceptors (Lipinski definition) is 4. The number of carbonyl (C=O) groups is 1. The predicted molar refractivity (Wildman–Crippen MR) is 116 cm³/mol. The number of carbonyl (C=O) groups excluding carboxylic acids is 1. The van der Waals surface area contributed by atoms with Crippen molar-refractivity contribution in [2.24, 2.45) is 22.1 Å². The van der Waals surface area contributed by atoms with E-state index in [0.29, 0.717) is 35.9 Å². The number of aromatic nitrogens is 1. The number of hydrogen-bond donors (Lipinski definition) is 3. The van der Waals surface area contributed by atoms with Crippen LogP contribution in [0, 0.1) is 11.3 Å². The van der Waals surface area contributed by atoms with Gasteiger partial charge in [0.25, 0.3) is 0 Å².